The van der Waals surface area contributed by atoms with Crippen molar-refractivity contribution in [2.75, 3.05) is 0 Å². The number of hydrogen-bond acceptors (Lipinski definition) is 4. The van der Waals surface area contributed by atoms with Crippen LogP contribution in [0.2, 0.25) is 0 Å². The van der Waals surface area contributed by atoms with Crippen molar-refractivity contribution in [3.05, 3.63) is 36.2 Å². The Morgan fingerprint density at radius 3 is 2.43 bits per heavy atom. The number of hydrogen-bond donors (Lipinski definition) is 0. The lowest BCUT2D eigenvalue weighted by Crippen LogP contribution is -2.07. The van der Waals surface area contributed by atoms with E-state index in [9.17, 15) is 8.42 Å². The van der Waals surface area contributed by atoms with Crippen LogP contribution < -0.4 is 0 Å². The average Bonchev–Trinajstić information content (AvgIpc) is 2.88. The fraction of sp³-hybridized carbons (Fsp3) is 0.429. The molecule has 2 aromatic rings. The molecule has 114 valence electrons. The molecule has 21 heavy (non-hydrogen) atoms. The van der Waals surface area contributed by atoms with Gasteiger partial charge < -0.3 is 0 Å². The van der Waals surface area contributed by atoms with Crippen LogP contribution in [0.25, 0.3) is 5.69 Å². The molecule has 0 radical (unpaired) electrons. The van der Waals surface area contributed by atoms with Crippen LogP contribution in [-0.2, 0) is 15.5 Å². The number of para-hydroxylation sites is 1. The Balaban J connectivity index is 2.36. The smallest absolute Gasteiger partial charge is 0.269 e. The molecule has 0 aliphatic heterocycles. The van der Waals surface area contributed by atoms with Crippen LogP contribution in [0, 0.1) is 0 Å². The Kier molecular flexibility index (Phi) is 5.36. The van der Waals surface area contributed by atoms with E-state index in [1.165, 1.54) is 4.57 Å². The average molecular weight is 328 g/mol. The maximum Gasteiger partial charge on any atom is 0.297 e. The first-order valence-electron chi connectivity index (χ1n) is 6.98. The van der Waals surface area contributed by atoms with Gasteiger partial charge in [-0.15, -0.1) is 10.2 Å². The van der Waals surface area contributed by atoms with Crippen LogP contribution in [0.5, 0.6) is 0 Å². The zero-order chi connectivity index (χ0) is 15.3. The molecule has 1 aromatic heterocycles. The van der Waals surface area contributed by atoms with Gasteiger partial charge in [0.2, 0.25) is 0 Å². The number of benzene rings is 1. The lowest BCUT2D eigenvalue weighted by molar-refractivity contribution is 0.595. The minimum absolute atomic E-state index is 0.221. The summed E-state index contributed by atoms with van der Waals surface area (Å²) in [6, 6.07) is 9.15. The monoisotopic (exact) mass is 327 g/mol. The predicted molar refractivity (Wildman–Crippen MR) is 82.2 cm³/mol. The van der Waals surface area contributed by atoms with E-state index >= 15 is 0 Å². The highest BCUT2D eigenvalue weighted by atomic mass is 35.7. The second kappa shape index (κ2) is 7.04. The summed E-state index contributed by atoms with van der Waals surface area (Å²) < 4.78 is 24.8. The molecule has 0 spiro atoms. The topological polar surface area (TPSA) is 64.8 Å². The predicted octanol–water partition coefficient (Wildman–Crippen LogP) is 3.32. The van der Waals surface area contributed by atoms with Gasteiger partial charge in [-0.2, -0.15) is 0 Å². The summed E-state index contributed by atoms with van der Waals surface area (Å²) in [5.74, 6) is 0.622. The van der Waals surface area contributed by atoms with Crippen LogP contribution in [0.4, 0.5) is 0 Å². The molecule has 7 heteroatoms. The lowest BCUT2D eigenvalue weighted by Gasteiger charge is -2.08. The van der Waals surface area contributed by atoms with Crippen molar-refractivity contribution >= 4 is 19.7 Å². The maximum atomic E-state index is 11.7. The Bertz CT molecular complexity index is 683. The van der Waals surface area contributed by atoms with E-state index in [0.29, 0.717) is 17.9 Å². The number of halogens is 1. The quantitative estimate of drug-likeness (QED) is 0.578. The molecule has 0 aliphatic carbocycles. The normalized spacial score (nSPS) is 11.7. The van der Waals surface area contributed by atoms with Crippen molar-refractivity contribution in [1.82, 2.24) is 14.8 Å². The van der Waals surface area contributed by atoms with Gasteiger partial charge in [-0.25, -0.2) is 8.42 Å². The molecule has 0 saturated heterocycles. The van der Waals surface area contributed by atoms with Crippen LogP contribution in [0.3, 0.4) is 0 Å². The largest absolute Gasteiger partial charge is 0.297 e. The second-order valence-electron chi connectivity index (χ2n) is 4.82. The summed E-state index contributed by atoms with van der Waals surface area (Å²) in [5.41, 5.74) is 0.701. The lowest BCUT2D eigenvalue weighted by atomic mass is 10.1. The molecule has 0 saturated carbocycles. The molecule has 0 bridgehead atoms. The van der Waals surface area contributed by atoms with Gasteiger partial charge in [-0.1, -0.05) is 44.4 Å². The fourth-order valence-corrected chi connectivity index (χ4v) is 3.03. The van der Waals surface area contributed by atoms with E-state index in [4.69, 9.17) is 10.7 Å². The summed E-state index contributed by atoms with van der Waals surface area (Å²) in [7, 11) is 1.53. The second-order valence-corrected chi connectivity index (χ2v) is 7.28. The number of unbranched alkanes of at least 4 members (excludes halogenated alkanes) is 3. The molecule has 0 amide bonds. The highest BCUT2D eigenvalue weighted by Crippen LogP contribution is 2.21. The highest BCUT2D eigenvalue weighted by molar-refractivity contribution is 8.13. The minimum atomic E-state index is -3.93. The molecular formula is C14H18ClN3O2S. The summed E-state index contributed by atoms with van der Waals surface area (Å²) >= 11 is 0. The molecule has 1 aromatic carbocycles. The Morgan fingerprint density at radius 2 is 1.81 bits per heavy atom. The van der Waals surface area contributed by atoms with Crippen LogP contribution in [0.1, 0.15) is 38.4 Å². The zero-order valence-electron chi connectivity index (χ0n) is 11.9. The molecule has 5 nitrogen and oxygen atoms in total. The third kappa shape index (κ3) is 4.04. The molecule has 0 aliphatic rings. The van der Waals surface area contributed by atoms with Crippen molar-refractivity contribution in [2.45, 2.75) is 44.2 Å². The molecule has 0 N–H and O–H groups in total. The first-order valence-corrected chi connectivity index (χ1v) is 9.29. The van der Waals surface area contributed by atoms with Gasteiger partial charge in [-0.05, 0) is 18.6 Å². The SMILES string of the molecule is CCCCCCc1nnc(S(=O)(=O)Cl)n1-c1ccccc1. The first kappa shape index (κ1) is 16.0. The van der Waals surface area contributed by atoms with Gasteiger partial charge in [0.05, 0.1) is 0 Å². The van der Waals surface area contributed by atoms with Gasteiger partial charge >= 0.3 is 0 Å². The molecule has 0 unspecified atom stereocenters. The van der Waals surface area contributed by atoms with Gasteiger partial charge in [0.1, 0.15) is 5.82 Å². The van der Waals surface area contributed by atoms with Gasteiger partial charge in [0.25, 0.3) is 14.2 Å². The maximum absolute atomic E-state index is 11.7. The Morgan fingerprint density at radius 1 is 1.10 bits per heavy atom. The minimum Gasteiger partial charge on any atom is -0.269 e. The zero-order valence-corrected chi connectivity index (χ0v) is 13.4. The third-order valence-electron chi connectivity index (χ3n) is 3.19. The number of aryl methyl sites for hydroxylation is 1. The summed E-state index contributed by atoms with van der Waals surface area (Å²) in [5, 5.41) is 7.54. The van der Waals surface area contributed by atoms with Crippen molar-refractivity contribution in [3.63, 3.8) is 0 Å². The standard InChI is InChI=1S/C14H18ClN3O2S/c1-2-3-4-8-11-13-16-17-14(21(15,19)20)18(13)12-9-6-5-7-10-12/h5-7,9-10H,2-4,8,11H2,1H3. The molecular weight excluding hydrogens is 310 g/mol. The van der Waals surface area contributed by atoms with Gasteiger partial charge in [-0.3, -0.25) is 4.57 Å². The summed E-state index contributed by atoms with van der Waals surface area (Å²) in [6.45, 7) is 2.14. The number of rotatable bonds is 7. The summed E-state index contributed by atoms with van der Waals surface area (Å²) in [4.78, 5) is 0. The third-order valence-corrected chi connectivity index (χ3v) is 4.30. The Labute approximate surface area is 129 Å². The van der Waals surface area contributed by atoms with Crippen LogP contribution >= 0.6 is 10.7 Å². The van der Waals surface area contributed by atoms with E-state index in [-0.39, 0.29) is 5.16 Å². The summed E-state index contributed by atoms with van der Waals surface area (Å²) in [6.07, 6.45) is 5.00. The number of aromatic nitrogens is 3. The van der Waals surface area contributed by atoms with E-state index in [2.05, 4.69) is 17.1 Å². The van der Waals surface area contributed by atoms with Crippen molar-refractivity contribution in [1.29, 1.82) is 0 Å². The molecule has 2 rings (SSSR count). The van der Waals surface area contributed by atoms with Crippen molar-refractivity contribution < 1.29 is 8.42 Å². The van der Waals surface area contributed by atoms with Gasteiger partial charge in [0.15, 0.2) is 0 Å². The molecule has 1 heterocycles. The Hall–Kier alpha value is -1.40. The first-order chi connectivity index (χ1) is 10.0. The van der Waals surface area contributed by atoms with Crippen molar-refractivity contribution in [2.24, 2.45) is 0 Å². The van der Waals surface area contributed by atoms with E-state index in [1.54, 1.807) is 0 Å². The fourth-order valence-electron chi connectivity index (χ4n) is 2.17. The molecule has 0 atom stereocenters. The molecule has 0 fully saturated rings. The van der Waals surface area contributed by atoms with Crippen LogP contribution in [0.15, 0.2) is 35.5 Å². The van der Waals surface area contributed by atoms with Crippen molar-refractivity contribution in [3.8, 4) is 5.69 Å². The van der Waals surface area contributed by atoms with Gasteiger partial charge in [0, 0.05) is 22.8 Å². The number of nitrogens with zero attached hydrogens (tertiary/aromatic N) is 3. The van der Waals surface area contributed by atoms with Crippen LogP contribution in [-0.4, -0.2) is 23.2 Å². The van der Waals surface area contributed by atoms with E-state index < -0.39 is 9.05 Å². The highest BCUT2D eigenvalue weighted by Gasteiger charge is 2.23. The van der Waals surface area contributed by atoms with E-state index in [0.717, 1.165) is 25.7 Å². The van der Waals surface area contributed by atoms with E-state index in [1.807, 2.05) is 30.3 Å².